The van der Waals surface area contributed by atoms with Crippen molar-refractivity contribution in [1.82, 2.24) is 19.8 Å². The minimum Gasteiger partial charge on any atom is -0.365 e. The maximum absolute atomic E-state index is 13.1. The summed E-state index contributed by atoms with van der Waals surface area (Å²) >= 11 is 0. The molecule has 4 rings (SSSR count). The molecule has 2 aliphatic rings. The van der Waals surface area contributed by atoms with E-state index in [0.29, 0.717) is 18.8 Å². The molecule has 0 unspecified atom stereocenters. The molecule has 1 N–H and O–H groups in total. The Morgan fingerprint density at radius 1 is 1.32 bits per heavy atom. The molecule has 7 heteroatoms. The van der Waals surface area contributed by atoms with E-state index in [1.165, 1.54) is 0 Å². The number of benzene rings is 1. The molecule has 1 aromatic carbocycles. The smallest absolute Gasteiger partial charge is 0.272 e. The molecule has 25 heavy (non-hydrogen) atoms. The van der Waals surface area contributed by atoms with Gasteiger partial charge >= 0.3 is 0 Å². The van der Waals surface area contributed by atoms with Gasteiger partial charge in [0, 0.05) is 26.1 Å². The molecule has 2 aliphatic heterocycles. The number of carbonyl (C=O) groups excluding carboxylic acids is 2. The predicted octanol–water partition coefficient (Wildman–Crippen LogP) is 0.543. The minimum atomic E-state index is -0.210. The number of likely N-dealkylation sites (tertiary alicyclic amines) is 1. The first kappa shape index (κ1) is 15.8. The lowest BCUT2D eigenvalue weighted by molar-refractivity contribution is -0.125. The highest BCUT2D eigenvalue weighted by atomic mass is 16.5. The number of hydrogen-bond donors (Lipinski definition) is 1. The zero-order valence-corrected chi connectivity index (χ0v) is 14.0. The lowest BCUT2D eigenvalue weighted by atomic mass is 9.93. The molecular weight excluding hydrogens is 320 g/mol. The Bertz CT molecular complexity index is 789. The Morgan fingerprint density at radius 3 is 2.84 bits per heavy atom. The van der Waals surface area contributed by atoms with Crippen molar-refractivity contribution in [1.29, 1.82) is 0 Å². The molecule has 2 amide bonds. The van der Waals surface area contributed by atoms with Crippen molar-refractivity contribution in [2.24, 2.45) is 7.05 Å². The summed E-state index contributed by atoms with van der Waals surface area (Å²) in [6, 6.07) is 9.82. The number of aryl methyl sites for hydroxylation is 1. The summed E-state index contributed by atoms with van der Waals surface area (Å²) in [6.07, 6.45) is 2.97. The van der Waals surface area contributed by atoms with Crippen molar-refractivity contribution >= 4 is 11.8 Å². The number of aromatic nitrogens is 2. The molecule has 0 saturated carbocycles. The van der Waals surface area contributed by atoms with Gasteiger partial charge in [-0.1, -0.05) is 30.3 Å². The van der Waals surface area contributed by atoms with Crippen LogP contribution in [0.4, 0.5) is 0 Å². The summed E-state index contributed by atoms with van der Waals surface area (Å²) in [5.74, 6) is -0.196. The number of carbonyl (C=O) groups is 2. The standard InChI is InChI=1S/C18H20N4O3/c1-21-11-19-7-15(21)18(24)22-9-13(12-5-3-2-4-6-12)17-14(22)8-20-16(23)10-25-17/h2-7,11,13-14,17H,8-10H2,1H3,(H,20,23)/t13-,14-,17-/m1/s1. The van der Waals surface area contributed by atoms with E-state index < -0.39 is 0 Å². The summed E-state index contributed by atoms with van der Waals surface area (Å²) in [6.45, 7) is 0.980. The van der Waals surface area contributed by atoms with Gasteiger partial charge in [0.1, 0.15) is 12.3 Å². The molecule has 2 fully saturated rings. The molecule has 130 valence electrons. The van der Waals surface area contributed by atoms with E-state index in [9.17, 15) is 9.59 Å². The summed E-state index contributed by atoms with van der Waals surface area (Å²) < 4.78 is 7.62. The van der Waals surface area contributed by atoms with Gasteiger partial charge in [-0.05, 0) is 5.56 Å². The lowest BCUT2D eigenvalue weighted by Gasteiger charge is -2.26. The van der Waals surface area contributed by atoms with Crippen LogP contribution in [0.1, 0.15) is 22.0 Å². The van der Waals surface area contributed by atoms with Crippen molar-refractivity contribution in [3.63, 3.8) is 0 Å². The summed E-state index contributed by atoms with van der Waals surface area (Å²) in [5, 5.41) is 2.85. The van der Waals surface area contributed by atoms with Gasteiger partial charge in [-0.3, -0.25) is 9.59 Å². The first-order valence-corrected chi connectivity index (χ1v) is 8.35. The Hall–Kier alpha value is -2.67. The number of amides is 2. The fraction of sp³-hybridized carbons (Fsp3) is 0.389. The number of nitrogens with one attached hydrogen (secondary N) is 1. The maximum Gasteiger partial charge on any atom is 0.272 e. The third-order valence-corrected chi connectivity index (χ3v) is 5.01. The summed E-state index contributed by atoms with van der Waals surface area (Å²) in [7, 11) is 1.80. The second-order valence-electron chi connectivity index (χ2n) is 6.51. The van der Waals surface area contributed by atoms with Crippen LogP contribution in [0.25, 0.3) is 0 Å². The van der Waals surface area contributed by atoms with E-state index in [0.717, 1.165) is 5.56 Å². The van der Waals surface area contributed by atoms with Crippen molar-refractivity contribution < 1.29 is 14.3 Å². The molecule has 0 bridgehead atoms. The molecule has 2 saturated heterocycles. The molecule has 0 spiro atoms. The van der Waals surface area contributed by atoms with Gasteiger partial charge < -0.3 is 19.5 Å². The average Bonchev–Trinajstić information content (AvgIpc) is 3.16. The van der Waals surface area contributed by atoms with Crippen LogP contribution in [0.5, 0.6) is 0 Å². The van der Waals surface area contributed by atoms with E-state index >= 15 is 0 Å². The second kappa shape index (κ2) is 6.33. The van der Waals surface area contributed by atoms with Crippen LogP contribution >= 0.6 is 0 Å². The van der Waals surface area contributed by atoms with Crippen LogP contribution in [0.2, 0.25) is 0 Å². The Kier molecular flexibility index (Phi) is 4.01. The van der Waals surface area contributed by atoms with Gasteiger partial charge in [0.15, 0.2) is 0 Å². The summed E-state index contributed by atoms with van der Waals surface area (Å²) in [4.78, 5) is 30.7. The topological polar surface area (TPSA) is 76.5 Å². The van der Waals surface area contributed by atoms with Gasteiger partial charge in [-0.25, -0.2) is 4.98 Å². The van der Waals surface area contributed by atoms with E-state index in [4.69, 9.17) is 4.74 Å². The quantitative estimate of drug-likeness (QED) is 0.866. The molecule has 3 heterocycles. The van der Waals surface area contributed by atoms with Crippen LogP contribution < -0.4 is 5.32 Å². The van der Waals surface area contributed by atoms with Crippen LogP contribution in [0.3, 0.4) is 0 Å². The zero-order valence-electron chi connectivity index (χ0n) is 14.0. The molecular formula is C18H20N4O3. The highest BCUT2D eigenvalue weighted by Gasteiger charge is 2.47. The number of rotatable bonds is 2. The number of imidazole rings is 1. The maximum atomic E-state index is 13.1. The van der Waals surface area contributed by atoms with E-state index in [2.05, 4.69) is 10.3 Å². The van der Waals surface area contributed by atoms with Crippen LogP contribution in [0.15, 0.2) is 42.9 Å². The largest absolute Gasteiger partial charge is 0.365 e. The van der Waals surface area contributed by atoms with Crippen molar-refractivity contribution in [2.75, 3.05) is 19.7 Å². The molecule has 0 aliphatic carbocycles. The SMILES string of the molecule is Cn1cncc1C(=O)N1C[C@H](c2ccccc2)[C@H]2OCC(=O)NC[C@H]21. The predicted molar refractivity (Wildman–Crippen MR) is 90.0 cm³/mol. The first-order chi connectivity index (χ1) is 12.1. The normalized spacial score (nSPS) is 26.0. The average molecular weight is 340 g/mol. The fourth-order valence-corrected chi connectivity index (χ4v) is 3.73. The van der Waals surface area contributed by atoms with Crippen molar-refractivity contribution in [3.8, 4) is 0 Å². The monoisotopic (exact) mass is 340 g/mol. The third-order valence-electron chi connectivity index (χ3n) is 5.01. The highest BCUT2D eigenvalue weighted by Crippen LogP contribution is 2.35. The minimum absolute atomic E-state index is 0.0260. The van der Waals surface area contributed by atoms with E-state index in [1.54, 1.807) is 24.1 Å². The molecule has 1 aromatic heterocycles. The van der Waals surface area contributed by atoms with Crippen LogP contribution in [0, 0.1) is 0 Å². The van der Waals surface area contributed by atoms with E-state index in [1.807, 2.05) is 35.2 Å². The Balaban J connectivity index is 1.68. The Labute approximate surface area is 145 Å². The fourth-order valence-electron chi connectivity index (χ4n) is 3.73. The van der Waals surface area contributed by atoms with Gasteiger partial charge in [0.05, 0.1) is 24.7 Å². The molecule has 0 radical (unpaired) electrons. The molecule has 2 aromatic rings. The Morgan fingerprint density at radius 2 is 2.12 bits per heavy atom. The van der Waals surface area contributed by atoms with Gasteiger partial charge in [0.25, 0.3) is 5.91 Å². The van der Waals surface area contributed by atoms with E-state index in [-0.39, 0.29) is 36.5 Å². The van der Waals surface area contributed by atoms with Crippen molar-refractivity contribution in [2.45, 2.75) is 18.1 Å². The van der Waals surface area contributed by atoms with Gasteiger partial charge in [-0.15, -0.1) is 0 Å². The summed E-state index contributed by atoms with van der Waals surface area (Å²) in [5.41, 5.74) is 1.65. The van der Waals surface area contributed by atoms with Crippen LogP contribution in [-0.2, 0) is 16.6 Å². The van der Waals surface area contributed by atoms with Gasteiger partial charge in [0.2, 0.25) is 5.91 Å². The van der Waals surface area contributed by atoms with Crippen LogP contribution in [-0.4, -0.2) is 58.1 Å². The first-order valence-electron chi connectivity index (χ1n) is 8.35. The zero-order chi connectivity index (χ0) is 17.4. The number of ether oxygens (including phenoxy) is 1. The number of nitrogens with zero attached hydrogens (tertiary/aromatic N) is 3. The number of hydrogen-bond acceptors (Lipinski definition) is 4. The second-order valence-corrected chi connectivity index (χ2v) is 6.51. The van der Waals surface area contributed by atoms with Crippen molar-refractivity contribution in [3.05, 3.63) is 54.1 Å². The highest BCUT2D eigenvalue weighted by molar-refractivity contribution is 5.93. The van der Waals surface area contributed by atoms with Gasteiger partial charge in [-0.2, -0.15) is 0 Å². The third kappa shape index (κ3) is 2.80. The molecule has 3 atom stereocenters. The lowest BCUT2D eigenvalue weighted by Crippen LogP contribution is -2.45. The number of fused-ring (bicyclic) bond motifs is 1. The molecule has 7 nitrogen and oxygen atoms in total.